The van der Waals surface area contributed by atoms with E-state index >= 15 is 0 Å². The molecule has 19 heavy (non-hydrogen) atoms. The predicted molar refractivity (Wildman–Crippen MR) is 71.4 cm³/mol. The largest absolute Gasteiger partial charge is 0.462 e. The average molecular weight is 286 g/mol. The van der Waals surface area contributed by atoms with Crippen molar-refractivity contribution >= 4 is 16.1 Å². The molecule has 0 saturated heterocycles. The Kier molecular flexibility index (Phi) is 5.50. The fourth-order valence-corrected chi connectivity index (χ4v) is 2.29. The van der Waals surface area contributed by atoms with Crippen molar-refractivity contribution in [2.24, 2.45) is 0 Å². The summed E-state index contributed by atoms with van der Waals surface area (Å²) in [5, 5.41) is 0. The zero-order valence-electron chi connectivity index (χ0n) is 11.3. The maximum atomic E-state index is 11.5. The van der Waals surface area contributed by atoms with Crippen LogP contribution in [0.4, 0.5) is 0 Å². The molecule has 0 aliphatic heterocycles. The minimum Gasteiger partial charge on any atom is -0.462 e. The van der Waals surface area contributed by atoms with E-state index in [1.54, 1.807) is 31.2 Å². The van der Waals surface area contributed by atoms with E-state index in [2.05, 4.69) is 0 Å². The van der Waals surface area contributed by atoms with Crippen molar-refractivity contribution in [1.82, 2.24) is 0 Å². The Morgan fingerprint density at radius 2 is 1.79 bits per heavy atom. The molecule has 6 heteroatoms. The van der Waals surface area contributed by atoms with Gasteiger partial charge in [-0.15, -0.1) is 0 Å². The molecule has 0 bridgehead atoms. The molecule has 0 aliphatic rings. The Hall–Kier alpha value is -1.40. The Balaban J connectivity index is 2.87. The van der Waals surface area contributed by atoms with Crippen molar-refractivity contribution in [3.63, 3.8) is 0 Å². The van der Waals surface area contributed by atoms with Crippen LogP contribution < -0.4 is 0 Å². The maximum Gasteiger partial charge on any atom is 0.338 e. The summed E-state index contributed by atoms with van der Waals surface area (Å²) in [6.45, 7) is 3.88. The summed E-state index contributed by atoms with van der Waals surface area (Å²) in [6, 6.07) is 6.54. The van der Waals surface area contributed by atoms with Crippen LogP contribution in [-0.4, -0.2) is 27.2 Å². The lowest BCUT2D eigenvalue weighted by Crippen LogP contribution is -2.10. The molecule has 1 atom stereocenters. The molecule has 0 fully saturated rings. The van der Waals surface area contributed by atoms with Gasteiger partial charge in [0.1, 0.15) is 6.10 Å². The van der Waals surface area contributed by atoms with Crippen molar-refractivity contribution in [1.29, 1.82) is 0 Å². The average Bonchev–Trinajstić information content (AvgIpc) is 2.35. The molecule has 106 valence electrons. The van der Waals surface area contributed by atoms with Gasteiger partial charge in [-0.05, 0) is 31.0 Å². The summed E-state index contributed by atoms with van der Waals surface area (Å²) in [5.41, 5.74) is 1.14. The fraction of sp³-hybridized carbons (Fsp3) is 0.462. The molecule has 0 saturated carbocycles. The Bertz CT molecular complexity index is 518. The van der Waals surface area contributed by atoms with Crippen LogP contribution >= 0.6 is 0 Å². The van der Waals surface area contributed by atoms with E-state index in [1.807, 2.05) is 6.92 Å². The van der Waals surface area contributed by atoms with Gasteiger partial charge >= 0.3 is 5.97 Å². The summed E-state index contributed by atoms with van der Waals surface area (Å²) in [7, 11) is -3.51. The highest BCUT2D eigenvalue weighted by Crippen LogP contribution is 2.23. The fourth-order valence-electron chi connectivity index (χ4n) is 1.62. The van der Waals surface area contributed by atoms with Crippen LogP contribution in [0.2, 0.25) is 0 Å². The third kappa shape index (κ3) is 5.00. The minimum absolute atomic E-state index is 0.315. The van der Waals surface area contributed by atoms with Crippen LogP contribution in [0.15, 0.2) is 24.3 Å². The maximum absolute atomic E-state index is 11.5. The molecule has 1 unspecified atom stereocenters. The second kappa shape index (κ2) is 6.68. The molecule has 0 aliphatic carbocycles. The van der Waals surface area contributed by atoms with Gasteiger partial charge in [0.25, 0.3) is 10.1 Å². The van der Waals surface area contributed by atoms with Gasteiger partial charge < -0.3 is 4.74 Å². The molecule has 5 nitrogen and oxygen atoms in total. The van der Waals surface area contributed by atoms with Crippen molar-refractivity contribution in [3.8, 4) is 0 Å². The molecular weight excluding hydrogens is 268 g/mol. The Morgan fingerprint density at radius 1 is 1.21 bits per heavy atom. The van der Waals surface area contributed by atoms with Gasteiger partial charge in [0.15, 0.2) is 0 Å². The summed E-state index contributed by atoms with van der Waals surface area (Å²) < 4.78 is 32.1. The van der Waals surface area contributed by atoms with Crippen LogP contribution in [0.3, 0.4) is 0 Å². The van der Waals surface area contributed by atoms with Crippen LogP contribution in [0.25, 0.3) is 0 Å². The van der Waals surface area contributed by atoms with E-state index in [0.29, 0.717) is 24.2 Å². The van der Waals surface area contributed by atoms with E-state index in [0.717, 1.165) is 6.26 Å². The molecule has 0 radical (unpaired) electrons. The van der Waals surface area contributed by atoms with Gasteiger partial charge in [-0.2, -0.15) is 8.42 Å². The molecular formula is C13H18O5S. The number of rotatable bonds is 6. The van der Waals surface area contributed by atoms with Gasteiger partial charge in [0.2, 0.25) is 0 Å². The predicted octanol–water partition coefficient (Wildman–Crippen LogP) is 2.29. The van der Waals surface area contributed by atoms with Gasteiger partial charge in [0.05, 0.1) is 18.4 Å². The summed E-state index contributed by atoms with van der Waals surface area (Å²) in [5.74, 6) is -0.397. The van der Waals surface area contributed by atoms with Crippen LogP contribution in [0.5, 0.6) is 0 Å². The molecule has 1 aromatic rings. The lowest BCUT2D eigenvalue weighted by molar-refractivity contribution is 0.0526. The first kappa shape index (κ1) is 15.7. The third-order valence-electron chi connectivity index (χ3n) is 2.46. The first-order chi connectivity index (χ1) is 8.87. The normalized spacial score (nSPS) is 13.0. The van der Waals surface area contributed by atoms with E-state index in [1.165, 1.54) is 0 Å². The van der Waals surface area contributed by atoms with Crippen LogP contribution in [-0.2, 0) is 19.0 Å². The number of hydrogen-bond acceptors (Lipinski definition) is 5. The monoisotopic (exact) mass is 286 g/mol. The molecule has 0 N–H and O–H groups in total. The molecule has 0 heterocycles. The molecule has 0 amide bonds. The van der Waals surface area contributed by atoms with E-state index in [9.17, 15) is 13.2 Å². The quantitative estimate of drug-likeness (QED) is 0.593. The highest BCUT2D eigenvalue weighted by atomic mass is 32.2. The first-order valence-electron chi connectivity index (χ1n) is 6.02. The van der Waals surface area contributed by atoms with E-state index < -0.39 is 22.2 Å². The first-order valence-corrected chi connectivity index (χ1v) is 7.84. The van der Waals surface area contributed by atoms with Gasteiger partial charge in [-0.1, -0.05) is 19.1 Å². The topological polar surface area (TPSA) is 69.7 Å². The van der Waals surface area contributed by atoms with Gasteiger partial charge in [-0.3, -0.25) is 4.18 Å². The van der Waals surface area contributed by atoms with Crippen molar-refractivity contribution in [3.05, 3.63) is 35.4 Å². The minimum atomic E-state index is -3.51. The summed E-state index contributed by atoms with van der Waals surface area (Å²) in [4.78, 5) is 11.5. The molecule has 0 spiro atoms. The SMILES string of the molecule is CCOC(=O)c1ccc(C(CC)OS(C)(=O)=O)cc1. The number of hydrogen-bond donors (Lipinski definition) is 0. The summed E-state index contributed by atoms with van der Waals surface area (Å²) >= 11 is 0. The molecule has 1 rings (SSSR count). The smallest absolute Gasteiger partial charge is 0.338 e. The Labute approximate surface area is 113 Å². The zero-order chi connectivity index (χ0) is 14.5. The number of benzene rings is 1. The Morgan fingerprint density at radius 3 is 2.21 bits per heavy atom. The second-order valence-corrected chi connectivity index (χ2v) is 5.64. The zero-order valence-corrected chi connectivity index (χ0v) is 12.1. The number of carbonyl (C=O) groups excluding carboxylic acids is 1. The lowest BCUT2D eigenvalue weighted by atomic mass is 10.1. The molecule has 1 aromatic carbocycles. The van der Waals surface area contributed by atoms with Crippen molar-refractivity contribution < 1.29 is 22.1 Å². The van der Waals surface area contributed by atoms with Crippen molar-refractivity contribution in [2.75, 3.05) is 12.9 Å². The van der Waals surface area contributed by atoms with E-state index in [-0.39, 0.29) is 0 Å². The summed E-state index contributed by atoms with van der Waals surface area (Å²) in [6.07, 6.45) is 1.00. The standard InChI is InChI=1S/C13H18O5S/c1-4-12(18-19(3,15)16)10-6-8-11(9-7-10)13(14)17-5-2/h6-9,12H,4-5H2,1-3H3. The van der Waals surface area contributed by atoms with Gasteiger partial charge in [0, 0.05) is 0 Å². The highest BCUT2D eigenvalue weighted by molar-refractivity contribution is 7.86. The van der Waals surface area contributed by atoms with E-state index in [4.69, 9.17) is 8.92 Å². The van der Waals surface area contributed by atoms with Gasteiger partial charge in [-0.25, -0.2) is 4.79 Å². The lowest BCUT2D eigenvalue weighted by Gasteiger charge is -2.14. The number of ether oxygens (including phenoxy) is 1. The molecule has 0 aromatic heterocycles. The van der Waals surface area contributed by atoms with Crippen LogP contribution in [0.1, 0.15) is 42.3 Å². The van der Waals surface area contributed by atoms with Crippen LogP contribution in [0, 0.1) is 0 Å². The third-order valence-corrected chi connectivity index (χ3v) is 3.04. The van der Waals surface area contributed by atoms with Crippen molar-refractivity contribution in [2.45, 2.75) is 26.4 Å². The highest BCUT2D eigenvalue weighted by Gasteiger charge is 2.16. The number of esters is 1. The number of carbonyl (C=O) groups is 1. The second-order valence-electron chi connectivity index (χ2n) is 4.04.